The second-order valence-corrected chi connectivity index (χ2v) is 7.34. The third-order valence-corrected chi connectivity index (χ3v) is 4.59. The van der Waals surface area contributed by atoms with Gasteiger partial charge in [0.2, 0.25) is 0 Å². The minimum Gasteiger partial charge on any atom is -0.118 e. The van der Waals surface area contributed by atoms with Crippen molar-refractivity contribution >= 4 is 11.6 Å². The summed E-state index contributed by atoms with van der Waals surface area (Å²) in [7, 11) is 0. The van der Waals surface area contributed by atoms with Crippen molar-refractivity contribution in [3.63, 3.8) is 0 Å². The van der Waals surface area contributed by atoms with E-state index in [1.54, 1.807) is 0 Å². The van der Waals surface area contributed by atoms with Crippen molar-refractivity contribution in [2.24, 2.45) is 0 Å². The lowest BCUT2D eigenvalue weighted by Crippen LogP contribution is -2.33. The molecule has 0 unspecified atom stereocenters. The molecule has 1 aliphatic carbocycles. The molecule has 94 valence electrons. The van der Waals surface area contributed by atoms with Gasteiger partial charge >= 0.3 is 0 Å². The molecule has 0 radical (unpaired) electrons. The topological polar surface area (TPSA) is 0 Å². The highest BCUT2D eigenvalue weighted by atomic mass is 35.5. The maximum atomic E-state index is 6.21. The second kappa shape index (κ2) is 4.02. The van der Waals surface area contributed by atoms with Gasteiger partial charge < -0.3 is 0 Å². The SMILES string of the molecule is C[C@H](Cl)c1ccc2c(c1)C(C)(C)CCC2(C)C. The van der Waals surface area contributed by atoms with Gasteiger partial charge in [0.1, 0.15) is 0 Å². The number of halogens is 1. The standard InChI is InChI=1S/C16H23Cl/c1-11(17)12-6-7-13-14(10-12)16(4,5)9-8-15(13,2)3/h6-7,10-11H,8-9H2,1-5H3/t11-/m0/s1. The summed E-state index contributed by atoms with van der Waals surface area (Å²) in [6.07, 6.45) is 2.52. The Morgan fingerprint density at radius 2 is 1.53 bits per heavy atom. The van der Waals surface area contributed by atoms with Crippen LogP contribution >= 0.6 is 11.6 Å². The maximum Gasteiger partial charge on any atom is 0.0557 e. The fourth-order valence-corrected chi connectivity index (χ4v) is 2.99. The Labute approximate surface area is 110 Å². The number of hydrogen-bond donors (Lipinski definition) is 0. The Kier molecular flexibility index (Phi) is 3.06. The molecule has 17 heavy (non-hydrogen) atoms. The van der Waals surface area contributed by atoms with Gasteiger partial charge in [-0.1, -0.05) is 45.9 Å². The molecule has 0 N–H and O–H groups in total. The van der Waals surface area contributed by atoms with Gasteiger partial charge in [-0.3, -0.25) is 0 Å². The first-order valence-electron chi connectivity index (χ1n) is 6.53. The summed E-state index contributed by atoms with van der Waals surface area (Å²) in [5.41, 5.74) is 4.84. The van der Waals surface area contributed by atoms with Crippen LogP contribution in [0.4, 0.5) is 0 Å². The first kappa shape index (κ1) is 13.0. The molecule has 0 fully saturated rings. The monoisotopic (exact) mass is 250 g/mol. The first-order valence-corrected chi connectivity index (χ1v) is 6.97. The molecule has 1 aromatic carbocycles. The molecule has 0 aliphatic heterocycles. The van der Waals surface area contributed by atoms with Crippen molar-refractivity contribution in [3.8, 4) is 0 Å². The van der Waals surface area contributed by atoms with E-state index in [0.717, 1.165) is 0 Å². The van der Waals surface area contributed by atoms with Crippen molar-refractivity contribution in [3.05, 3.63) is 34.9 Å². The van der Waals surface area contributed by atoms with Crippen LogP contribution < -0.4 is 0 Å². The lowest BCUT2D eigenvalue weighted by atomic mass is 9.63. The number of benzene rings is 1. The van der Waals surface area contributed by atoms with Gasteiger partial charge in [0.05, 0.1) is 5.38 Å². The van der Waals surface area contributed by atoms with Crippen molar-refractivity contribution in [2.75, 3.05) is 0 Å². The van der Waals surface area contributed by atoms with Crippen LogP contribution in [0.3, 0.4) is 0 Å². The zero-order valence-corrected chi connectivity index (χ0v) is 12.4. The van der Waals surface area contributed by atoms with Gasteiger partial charge in [-0.2, -0.15) is 0 Å². The second-order valence-electron chi connectivity index (χ2n) is 6.69. The molecular formula is C16H23Cl. The summed E-state index contributed by atoms with van der Waals surface area (Å²) in [5.74, 6) is 0. The number of fused-ring (bicyclic) bond motifs is 1. The van der Waals surface area contributed by atoms with Crippen molar-refractivity contribution in [1.82, 2.24) is 0 Å². The summed E-state index contributed by atoms with van der Waals surface area (Å²) in [6, 6.07) is 6.82. The zero-order chi connectivity index (χ0) is 12.8. The Bertz CT molecular complexity index is 427. The first-order chi connectivity index (χ1) is 7.74. The molecule has 1 atom stereocenters. The van der Waals surface area contributed by atoms with E-state index in [1.165, 1.54) is 29.5 Å². The molecule has 0 amide bonds. The van der Waals surface area contributed by atoms with Gasteiger partial charge in [-0.25, -0.2) is 0 Å². The van der Waals surface area contributed by atoms with Crippen LogP contribution in [-0.2, 0) is 10.8 Å². The van der Waals surface area contributed by atoms with Gasteiger partial charge in [-0.15, -0.1) is 11.6 Å². The molecule has 0 saturated carbocycles. The highest BCUT2D eigenvalue weighted by molar-refractivity contribution is 6.20. The molecule has 0 bridgehead atoms. The van der Waals surface area contributed by atoms with Crippen LogP contribution in [0.15, 0.2) is 18.2 Å². The predicted octanol–water partition coefficient (Wildman–Crippen LogP) is 5.34. The fourth-order valence-electron chi connectivity index (χ4n) is 2.85. The number of rotatable bonds is 1. The summed E-state index contributed by atoms with van der Waals surface area (Å²) < 4.78 is 0. The minimum atomic E-state index is 0.0983. The van der Waals surface area contributed by atoms with Crippen LogP contribution in [0, 0.1) is 0 Å². The molecule has 0 spiro atoms. The number of hydrogen-bond acceptors (Lipinski definition) is 0. The van der Waals surface area contributed by atoms with E-state index < -0.39 is 0 Å². The van der Waals surface area contributed by atoms with E-state index in [2.05, 4.69) is 45.9 Å². The molecule has 0 aromatic heterocycles. The summed E-state index contributed by atoms with van der Waals surface area (Å²) in [5, 5.41) is 0.0983. The van der Waals surface area contributed by atoms with E-state index in [0.29, 0.717) is 5.41 Å². The summed E-state index contributed by atoms with van der Waals surface area (Å²) in [4.78, 5) is 0. The van der Waals surface area contributed by atoms with E-state index in [4.69, 9.17) is 11.6 Å². The molecule has 2 rings (SSSR count). The Balaban J connectivity index is 2.60. The van der Waals surface area contributed by atoms with Crippen LogP contribution in [0.25, 0.3) is 0 Å². The average Bonchev–Trinajstić information content (AvgIpc) is 2.24. The predicted molar refractivity (Wildman–Crippen MR) is 76.0 cm³/mol. The van der Waals surface area contributed by atoms with Gasteiger partial charge in [0.25, 0.3) is 0 Å². The largest absolute Gasteiger partial charge is 0.118 e. The van der Waals surface area contributed by atoms with Crippen LogP contribution in [0.1, 0.15) is 69.5 Å². The normalized spacial score (nSPS) is 22.9. The lowest BCUT2D eigenvalue weighted by molar-refractivity contribution is 0.331. The smallest absolute Gasteiger partial charge is 0.0557 e. The minimum absolute atomic E-state index is 0.0983. The Morgan fingerprint density at radius 3 is 2.06 bits per heavy atom. The van der Waals surface area contributed by atoms with Gasteiger partial charge in [0.15, 0.2) is 0 Å². The van der Waals surface area contributed by atoms with E-state index >= 15 is 0 Å². The Hall–Kier alpha value is -0.490. The van der Waals surface area contributed by atoms with Crippen LogP contribution in [-0.4, -0.2) is 0 Å². The third kappa shape index (κ3) is 2.25. The zero-order valence-electron chi connectivity index (χ0n) is 11.6. The molecule has 0 nitrogen and oxygen atoms in total. The van der Waals surface area contributed by atoms with Crippen LogP contribution in [0.5, 0.6) is 0 Å². The van der Waals surface area contributed by atoms with E-state index in [9.17, 15) is 0 Å². The quantitative estimate of drug-likeness (QED) is 0.591. The molecular weight excluding hydrogens is 228 g/mol. The highest BCUT2D eigenvalue weighted by Crippen LogP contribution is 2.46. The average molecular weight is 251 g/mol. The number of alkyl halides is 1. The van der Waals surface area contributed by atoms with Gasteiger partial charge in [0, 0.05) is 0 Å². The van der Waals surface area contributed by atoms with E-state index in [-0.39, 0.29) is 10.8 Å². The van der Waals surface area contributed by atoms with Crippen molar-refractivity contribution < 1.29 is 0 Å². The van der Waals surface area contributed by atoms with Crippen molar-refractivity contribution in [1.29, 1.82) is 0 Å². The molecule has 1 aromatic rings. The molecule has 0 saturated heterocycles. The van der Waals surface area contributed by atoms with E-state index in [1.807, 2.05) is 6.92 Å². The summed E-state index contributed by atoms with van der Waals surface area (Å²) >= 11 is 6.21. The highest BCUT2D eigenvalue weighted by Gasteiger charge is 2.36. The molecule has 1 heteroatoms. The van der Waals surface area contributed by atoms with Crippen LogP contribution in [0.2, 0.25) is 0 Å². The Morgan fingerprint density at radius 1 is 1.00 bits per heavy atom. The summed E-state index contributed by atoms with van der Waals surface area (Å²) in [6.45, 7) is 11.5. The molecule has 1 aliphatic rings. The fraction of sp³-hybridized carbons (Fsp3) is 0.625. The van der Waals surface area contributed by atoms with Crippen molar-refractivity contribution in [2.45, 2.75) is 63.7 Å². The third-order valence-electron chi connectivity index (χ3n) is 4.34. The lowest BCUT2D eigenvalue weighted by Gasteiger charge is -2.42. The van der Waals surface area contributed by atoms with Gasteiger partial charge in [-0.05, 0) is 47.3 Å². The maximum absolute atomic E-state index is 6.21. The molecule has 0 heterocycles.